The highest BCUT2D eigenvalue weighted by Crippen LogP contribution is 2.30. The molecule has 0 radical (unpaired) electrons. The first kappa shape index (κ1) is 21.5. The van der Waals surface area contributed by atoms with Crippen LogP contribution in [0.3, 0.4) is 0 Å². The molecule has 4 N–H and O–H groups in total. The van der Waals surface area contributed by atoms with Gasteiger partial charge in [0.2, 0.25) is 10.0 Å². The van der Waals surface area contributed by atoms with E-state index in [0.717, 1.165) is 16.7 Å². The number of nitrogen functional groups attached to an aromatic ring is 1. The van der Waals surface area contributed by atoms with Crippen LogP contribution in [0.25, 0.3) is 11.3 Å². The summed E-state index contributed by atoms with van der Waals surface area (Å²) in [5, 5.41) is 9.75. The molecular formula is C24H22N4O3S. The number of primary sulfonamides is 1. The van der Waals surface area contributed by atoms with Crippen LogP contribution in [0.4, 0.5) is 5.82 Å². The number of hydrogen-bond acceptors (Lipinski definition) is 5. The fourth-order valence-electron chi connectivity index (χ4n) is 3.52. The summed E-state index contributed by atoms with van der Waals surface area (Å²) in [6, 6.07) is 23.0. The van der Waals surface area contributed by atoms with E-state index in [2.05, 4.69) is 5.10 Å². The van der Waals surface area contributed by atoms with Crippen LogP contribution in [0.2, 0.25) is 0 Å². The first-order valence-electron chi connectivity index (χ1n) is 9.90. The van der Waals surface area contributed by atoms with Gasteiger partial charge in [-0.25, -0.2) is 13.6 Å². The van der Waals surface area contributed by atoms with Crippen molar-refractivity contribution in [2.45, 2.75) is 18.2 Å². The van der Waals surface area contributed by atoms with Crippen molar-refractivity contribution < 1.29 is 13.2 Å². The largest absolute Gasteiger partial charge is 0.383 e. The highest BCUT2D eigenvalue weighted by molar-refractivity contribution is 7.89. The Labute approximate surface area is 186 Å². The van der Waals surface area contributed by atoms with Gasteiger partial charge in [-0.2, -0.15) is 9.78 Å². The first-order valence-corrected chi connectivity index (χ1v) is 11.4. The molecule has 1 aromatic heterocycles. The molecule has 0 saturated heterocycles. The van der Waals surface area contributed by atoms with Gasteiger partial charge in [-0.1, -0.05) is 60.2 Å². The maximum atomic E-state index is 13.2. The first-order chi connectivity index (χ1) is 15.2. The molecule has 0 aliphatic carbocycles. The van der Waals surface area contributed by atoms with Crippen molar-refractivity contribution in [2.75, 3.05) is 5.73 Å². The average Bonchev–Trinajstić information content (AvgIpc) is 3.10. The molecule has 0 saturated carbocycles. The number of hydrogen-bond donors (Lipinski definition) is 2. The molecule has 0 aliphatic rings. The Morgan fingerprint density at radius 1 is 0.969 bits per heavy atom. The molecule has 162 valence electrons. The molecule has 0 aliphatic heterocycles. The standard InChI is InChI=1S/C24H22N4O3S/c1-16-6-5-9-19(14-16)24(29)28-23(25)21(22(27-28)18-7-3-2-4-8-18)15-17-10-12-20(13-11-17)32(26,30)31/h2-14H,15,25H2,1H3,(H2,26,30,31). The van der Waals surface area contributed by atoms with Crippen LogP contribution in [-0.2, 0) is 16.4 Å². The lowest BCUT2D eigenvalue weighted by Gasteiger charge is -2.07. The third-order valence-electron chi connectivity index (χ3n) is 5.16. The molecule has 32 heavy (non-hydrogen) atoms. The van der Waals surface area contributed by atoms with Crippen molar-refractivity contribution in [3.63, 3.8) is 0 Å². The van der Waals surface area contributed by atoms with Gasteiger partial charge in [0.25, 0.3) is 5.91 Å². The monoisotopic (exact) mass is 446 g/mol. The molecule has 0 bridgehead atoms. The minimum atomic E-state index is -3.78. The van der Waals surface area contributed by atoms with E-state index >= 15 is 0 Å². The Balaban J connectivity index is 1.79. The van der Waals surface area contributed by atoms with E-state index in [-0.39, 0.29) is 16.6 Å². The molecule has 1 heterocycles. The van der Waals surface area contributed by atoms with Crippen molar-refractivity contribution in [2.24, 2.45) is 5.14 Å². The summed E-state index contributed by atoms with van der Waals surface area (Å²) in [5.41, 5.74) is 10.8. The Morgan fingerprint density at radius 3 is 2.28 bits per heavy atom. The molecule has 3 aromatic carbocycles. The summed E-state index contributed by atoms with van der Waals surface area (Å²) in [5.74, 6) is -0.0786. The number of sulfonamides is 1. The third-order valence-corrected chi connectivity index (χ3v) is 6.09. The number of benzene rings is 3. The van der Waals surface area contributed by atoms with Gasteiger partial charge in [0.05, 0.1) is 10.6 Å². The number of anilines is 1. The molecule has 0 fully saturated rings. The quantitative estimate of drug-likeness (QED) is 0.487. The van der Waals surface area contributed by atoms with Gasteiger partial charge in [0, 0.05) is 23.1 Å². The lowest BCUT2D eigenvalue weighted by atomic mass is 10.0. The Morgan fingerprint density at radius 2 is 1.66 bits per heavy atom. The van der Waals surface area contributed by atoms with E-state index < -0.39 is 10.0 Å². The second kappa shape index (κ2) is 8.41. The molecule has 4 rings (SSSR count). The zero-order valence-corrected chi connectivity index (χ0v) is 18.2. The summed E-state index contributed by atoms with van der Waals surface area (Å²) in [4.78, 5) is 13.2. The van der Waals surface area contributed by atoms with E-state index in [9.17, 15) is 13.2 Å². The molecule has 0 spiro atoms. The average molecular weight is 447 g/mol. The van der Waals surface area contributed by atoms with E-state index in [0.29, 0.717) is 23.2 Å². The van der Waals surface area contributed by atoms with Crippen molar-refractivity contribution >= 4 is 21.7 Å². The van der Waals surface area contributed by atoms with Gasteiger partial charge >= 0.3 is 0 Å². The lowest BCUT2D eigenvalue weighted by molar-refractivity contribution is 0.0948. The van der Waals surface area contributed by atoms with Crippen LogP contribution in [0.1, 0.15) is 27.0 Å². The highest BCUT2D eigenvalue weighted by Gasteiger charge is 2.22. The minimum absolute atomic E-state index is 0.0304. The lowest BCUT2D eigenvalue weighted by Crippen LogP contribution is -2.16. The zero-order valence-electron chi connectivity index (χ0n) is 17.4. The van der Waals surface area contributed by atoms with Crippen molar-refractivity contribution in [3.05, 3.63) is 101 Å². The molecule has 7 nitrogen and oxygen atoms in total. The Kier molecular flexibility index (Phi) is 5.65. The summed E-state index contributed by atoms with van der Waals surface area (Å²) in [6.07, 6.45) is 0.363. The fraction of sp³-hybridized carbons (Fsp3) is 0.0833. The topological polar surface area (TPSA) is 121 Å². The molecule has 0 amide bonds. The normalized spacial score (nSPS) is 11.4. The number of carbonyl (C=O) groups is 1. The van der Waals surface area contributed by atoms with E-state index in [1.807, 2.05) is 49.4 Å². The molecule has 0 unspecified atom stereocenters. The van der Waals surface area contributed by atoms with E-state index in [4.69, 9.17) is 10.9 Å². The maximum Gasteiger partial charge on any atom is 0.280 e. The van der Waals surface area contributed by atoms with Crippen LogP contribution >= 0.6 is 0 Å². The summed E-state index contributed by atoms with van der Waals surface area (Å²) in [7, 11) is -3.78. The molecule has 0 atom stereocenters. The van der Waals surface area contributed by atoms with Crippen LogP contribution in [0, 0.1) is 6.92 Å². The molecule has 8 heteroatoms. The summed E-state index contributed by atoms with van der Waals surface area (Å²) < 4.78 is 24.3. The van der Waals surface area contributed by atoms with Gasteiger partial charge in [0.1, 0.15) is 5.82 Å². The van der Waals surface area contributed by atoms with Gasteiger partial charge < -0.3 is 5.73 Å². The Hall–Kier alpha value is -3.75. The zero-order chi connectivity index (χ0) is 22.9. The van der Waals surface area contributed by atoms with Crippen LogP contribution in [0.15, 0.2) is 83.8 Å². The van der Waals surface area contributed by atoms with Crippen LogP contribution in [-0.4, -0.2) is 24.1 Å². The van der Waals surface area contributed by atoms with Crippen LogP contribution < -0.4 is 10.9 Å². The predicted molar refractivity (Wildman–Crippen MR) is 124 cm³/mol. The fourth-order valence-corrected chi connectivity index (χ4v) is 4.04. The molecular weight excluding hydrogens is 424 g/mol. The van der Waals surface area contributed by atoms with Gasteiger partial charge in [0.15, 0.2) is 0 Å². The van der Waals surface area contributed by atoms with E-state index in [1.165, 1.54) is 16.8 Å². The third kappa shape index (κ3) is 4.32. The van der Waals surface area contributed by atoms with E-state index in [1.54, 1.807) is 24.3 Å². The summed E-state index contributed by atoms with van der Waals surface area (Å²) in [6.45, 7) is 1.91. The number of aromatic nitrogens is 2. The maximum absolute atomic E-state index is 13.2. The smallest absolute Gasteiger partial charge is 0.280 e. The van der Waals surface area contributed by atoms with Crippen molar-refractivity contribution in [1.82, 2.24) is 9.78 Å². The SMILES string of the molecule is Cc1cccc(C(=O)n2nc(-c3ccccc3)c(Cc3ccc(S(N)(=O)=O)cc3)c2N)c1. The Bertz CT molecular complexity index is 1390. The summed E-state index contributed by atoms with van der Waals surface area (Å²) >= 11 is 0. The van der Waals surface area contributed by atoms with Gasteiger partial charge in [-0.05, 0) is 36.8 Å². The second-order valence-corrected chi connectivity index (χ2v) is 9.09. The van der Waals surface area contributed by atoms with Crippen LogP contribution in [0.5, 0.6) is 0 Å². The minimum Gasteiger partial charge on any atom is -0.383 e. The van der Waals surface area contributed by atoms with Crippen molar-refractivity contribution in [3.8, 4) is 11.3 Å². The number of rotatable bonds is 5. The highest BCUT2D eigenvalue weighted by atomic mass is 32.2. The number of nitrogens with zero attached hydrogens (tertiary/aromatic N) is 2. The number of aryl methyl sites for hydroxylation is 1. The second-order valence-electron chi connectivity index (χ2n) is 7.53. The van der Waals surface area contributed by atoms with Gasteiger partial charge in [-0.3, -0.25) is 4.79 Å². The number of nitrogens with two attached hydrogens (primary N) is 2. The van der Waals surface area contributed by atoms with Gasteiger partial charge in [-0.15, -0.1) is 0 Å². The number of carbonyl (C=O) groups excluding carboxylic acids is 1. The predicted octanol–water partition coefficient (Wildman–Crippen LogP) is 3.37. The molecule has 4 aromatic rings. The van der Waals surface area contributed by atoms with Crippen molar-refractivity contribution in [1.29, 1.82) is 0 Å².